The molecule has 0 atom stereocenters. The van der Waals surface area contributed by atoms with Gasteiger partial charge in [-0.25, -0.2) is 18.4 Å². The number of sulfone groups is 1. The monoisotopic (exact) mass is 414 g/mol. The lowest BCUT2D eigenvalue weighted by Gasteiger charge is -2.32. The fourth-order valence-electron chi connectivity index (χ4n) is 4.06. The van der Waals surface area contributed by atoms with Gasteiger partial charge in [-0.1, -0.05) is 6.07 Å². The Labute approximate surface area is 171 Å². The second kappa shape index (κ2) is 8.49. The van der Waals surface area contributed by atoms with Gasteiger partial charge in [0.2, 0.25) is 11.9 Å². The van der Waals surface area contributed by atoms with Crippen LogP contribution in [0.15, 0.2) is 41.6 Å². The zero-order valence-corrected chi connectivity index (χ0v) is 17.2. The smallest absolute Gasteiger partial charge is 0.225 e. The first kappa shape index (κ1) is 19.8. The van der Waals surface area contributed by atoms with Gasteiger partial charge < -0.3 is 10.2 Å². The van der Waals surface area contributed by atoms with E-state index in [9.17, 15) is 13.2 Å². The summed E-state index contributed by atoms with van der Waals surface area (Å²) in [6.45, 7) is 1.53. The van der Waals surface area contributed by atoms with Crippen LogP contribution in [0.1, 0.15) is 36.8 Å². The van der Waals surface area contributed by atoms with Crippen LogP contribution in [-0.4, -0.2) is 49.2 Å². The Bertz CT molecular complexity index is 971. The van der Waals surface area contributed by atoms with E-state index in [4.69, 9.17) is 0 Å². The van der Waals surface area contributed by atoms with Crippen molar-refractivity contribution in [2.24, 2.45) is 0 Å². The van der Waals surface area contributed by atoms with Crippen molar-refractivity contribution >= 4 is 21.7 Å². The highest BCUT2D eigenvalue weighted by Crippen LogP contribution is 2.25. The van der Waals surface area contributed by atoms with E-state index in [1.807, 2.05) is 6.07 Å². The summed E-state index contributed by atoms with van der Waals surface area (Å²) in [6.07, 6.45) is 8.05. The highest BCUT2D eigenvalue weighted by atomic mass is 32.2. The summed E-state index contributed by atoms with van der Waals surface area (Å²) in [7, 11) is -3.45. The summed E-state index contributed by atoms with van der Waals surface area (Å²) in [5.41, 5.74) is 2.37. The number of benzene rings is 1. The number of rotatable bonds is 6. The van der Waals surface area contributed by atoms with E-state index in [0.29, 0.717) is 10.8 Å². The molecule has 2 heterocycles. The van der Waals surface area contributed by atoms with Gasteiger partial charge in [-0.05, 0) is 61.4 Å². The molecule has 154 valence electrons. The fraction of sp³-hybridized carbons (Fsp3) is 0.476. The number of aryl methyl sites for hydroxylation is 2. The second-order valence-electron chi connectivity index (χ2n) is 7.73. The maximum atomic E-state index is 12.6. The van der Waals surface area contributed by atoms with Gasteiger partial charge in [0.25, 0.3) is 0 Å². The van der Waals surface area contributed by atoms with Gasteiger partial charge in [-0.15, -0.1) is 0 Å². The molecule has 0 unspecified atom stereocenters. The Morgan fingerprint density at radius 3 is 2.59 bits per heavy atom. The highest BCUT2D eigenvalue weighted by Gasteiger charge is 2.24. The van der Waals surface area contributed by atoms with E-state index in [0.717, 1.165) is 50.8 Å². The van der Waals surface area contributed by atoms with Gasteiger partial charge >= 0.3 is 0 Å². The maximum absolute atomic E-state index is 12.6. The molecule has 29 heavy (non-hydrogen) atoms. The molecule has 2 aromatic rings. The normalized spacial score (nSPS) is 17.2. The number of nitrogens with zero attached hydrogens (tertiary/aromatic N) is 3. The molecule has 1 aromatic carbocycles. The molecule has 1 aliphatic heterocycles. The van der Waals surface area contributed by atoms with Crippen molar-refractivity contribution in [1.82, 2.24) is 15.3 Å². The topological polar surface area (TPSA) is 92.3 Å². The molecule has 0 radical (unpaired) electrons. The molecule has 0 bridgehead atoms. The number of hydrogen-bond donors (Lipinski definition) is 1. The Balaban J connectivity index is 1.26. The summed E-state index contributed by atoms with van der Waals surface area (Å²) in [4.78, 5) is 23.3. The van der Waals surface area contributed by atoms with Crippen LogP contribution in [0, 0.1) is 0 Å². The van der Waals surface area contributed by atoms with Gasteiger partial charge in [-0.2, -0.15) is 0 Å². The molecule has 1 amide bonds. The summed E-state index contributed by atoms with van der Waals surface area (Å²) < 4.78 is 25.3. The Morgan fingerprint density at radius 2 is 1.83 bits per heavy atom. The van der Waals surface area contributed by atoms with Gasteiger partial charge in [0.15, 0.2) is 9.84 Å². The quantitative estimate of drug-likeness (QED) is 0.776. The van der Waals surface area contributed by atoms with Crippen molar-refractivity contribution in [1.29, 1.82) is 0 Å². The van der Waals surface area contributed by atoms with Gasteiger partial charge in [-0.3, -0.25) is 4.79 Å². The average Bonchev–Trinajstić information content (AvgIpc) is 3.22. The van der Waals surface area contributed by atoms with Crippen LogP contribution in [0.4, 0.5) is 5.95 Å². The van der Waals surface area contributed by atoms with Crippen molar-refractivity contribution in [3.8, 4) is 0 Å². The number of fused-ring (bicyclic) bond motifs is 1. The van der Waals surface area contributed by atoms with Crippen molar-refractivity contribution in [2.45, 2.75) is 49.5 Å². The third-order valence-corrected chi connectivity index (χ3v) is 7.44. The molecule has 1 fully saturated rings. The Morgan fingerprint density at radius 1 is 1.10 bits per heavy atom. The molecule has 8 heteroatoms. The van der Waals surface area contributed by atoms with E-state index in [-0.39, 0.29) is 24.1 Å². The molecular formula is C21H26N4O3S. The van der Waals surface area contributed by atoms with E-state index in [1.54, 1.807) is 30.6 Å². The summed E-state index contributed by atoms with van der Waals surface area (Å²) in [5, 5.41) is 2.99. The number of hydrogen-bond acceptors (Lipinski definition) is 6. The summed E-state index contributed by atoms with van der Waals surface area (Å²) >= 11 is 0. The number of piperidine rings is 1. The van der Waals surface area contributed by atoms with E-state index in [2.05, 4.69) is 20.2 Å². The van der Waals surface area contributed by atoms with Crippen LogP contribution in [0.2, 0.25) is 0 Å². The Hall–Kier alpha value is -2.48. The lowest BCUT2D eigenvalue weighted by atomic mass is 10.1. The number of aromatic nitrogens is 2. The third kappa shape index (κ3) is 4.75. The first-order valence-corrected chi connectivity index (χ1v) is 11.8. The van der Waals surface area contributed by atoms with Crippen LogP contribution in [0.25, 0.3) is 0 Å². The number of amides is 1. The molecule has 0 saturated carbocycles. The molecule has 1 aliphatic carbocycles. The van der Waals surface area contributed by atoms with Crippen molar-refractivity contribution in [2.75, 3.05) is 23.7 Å². The van der Waals surface area contributed by atoms with Crippen LogP contribution in [0.3, 0.4) is 0 Å². The predicted octanol–water partition coefficient (Wildman–Crippen LogP) is 1.91. The molecular weight excluding hydrogens is 388 g/mol. The number of anilines is 1. The van der Waals surface area contributed by atoms with Crippen LogP contribution in [0.5, 0.6) is 0 Å². The third-order valence-electron chi connectivity index (χ3n) is 5.72. The van der Waals surface area contributed by atoms with E-state index >= 15 is 0 Å². The molecule has 1 saturated heterocycles. The molecule has 4 rings (SSSR count). The van der Waals surface area contributed by atoms with Crippen molar-refractivity contribution in [3.63, 3.8) is 0 Å². The van der Waals surface area contributed by atoms with Crippen LogP contribution < -0.4 is 10.2 Å². The predicted molar refractivity (Wildman–Crippen MR) is 111 cm³/mol. The number of carbonyl (C=O) groups is 1. The minimum Gasteiger partial charge on any atom is -0.353 e. The first-order chi connectivity index (χ1) is 14.0. The molecule has 7 nitrogen and oxygen atoms in total. The average molecular weight is 415 g/mol. The Kier molecular flexibility index (Phi) is 5.80. The second-order valence-corrected chi connectivity index (χ2v) is 9.84. The zero-order chi connectivity index (χ0) is 20.3. The zero-order valence-electron chi connectivity index (χ0n) is 16.4. The minimum atomic E-state index is -3.45. The van der Waals surface area contributed by atoms with Gasteiger partial charge in [0, 0.05) is 37.9 Å². The first-order valence-electron chi connectivity index (χ1n) is 10.2. The van der Waals surface area contributed by atoms with Crippen molar-refractivity contribution < 1.29 is 13.2 Å². The molecule has 1 N–H and O–H groups in total. The lowest BCUT2D eigenvalue weighted by molar-refractivity contribution is -0.121. The van der Waals surface area contributed by atoms with E-state index < -0.39 is 9.84 Å². The van der Waals surface area contributed by atoms with Crippen LogP contribution >= 0.6 is 0 Å². The summed E-state index contributed by atoms with van der Waals surface area (Å²) in [5.74, 6) is 0.343. The maximum Gasteiger partial charge on any atom is 0.225 e. The largest absolute Gasteiger partial charge is 0.353 e. The summed E-state index contributed by atoms with van der Waals surface area (Å²) in [6, 6.07) is 7.23. The van der Waals surface area contributed by atoms with Gasteiger partial charge in [0.05, 0.1) is 10.6 Å². The molecule has 2 aliphatic rings. The number of nitrogens with one attached hydrogen (secondary N) is 1. The molecule has 0 spiro atoms. The van der Waals surface area contributed by atoms with Crippen LogP contribution in [-0.2, 0) is 27.5 Å². The minimum absolute atomic E-state index is 0.0125. The standard InChI is InChI=1S/C21H26N4O3S/c26-20(24-18-7-12-25(13-8-18)21-22-10-2-11-23-21)9-14-29(27,28)19-6-5-16-3-1-4-17(16)15-19/h2,5-6,10-11,15,18H,1,3-4,7-9,12-14H2,(H,24,26). The number of carbonyl (C=O) groups excluding carboxylic acids is 1. The lowest BCUT2D eigenvalue weighted by Crippen LogP contribution is -2.45. The molecule has 1 aromatic heterocycles. The highest BCUT2D eigenvalue weighted by molar-refractivity contribution is 7.91. The SMILES string of the molecule is O=C(CCS(=O)(=O)c1ccc2c(c1)CCC2)NC1CCN(c2ncccn2)CC1. The van der Waals surface area contributed by atoms with Gasteiger partial charge in [0.1, 0.15) is 0 Å². The van der Waals surface area contributed by atoms with E-state index in [1.165, 1.54) is 5.56 Å². The van der Waals surface area contributed by atoms with Crippen molar-refractivity contribution in [3.05, 3.63) is 47.8 Å². The fourth-order valence-corrected chi connectivity index (χ4v) is 5.35.